The fraction of sp³-hybridized carbons (Fsp3) is 0.200. The van der Waals surface area contributed by atoms with Crippen LogP contribution >= 0.6 is 0 Å². The van der Waals surface area contributed by atoms with Gasteiger partial charge in [-0.2, -0.15) is 4.52 Å². The quantitative estimate of drug-likeness (QED) is 0.587. The number of anilines is 1. The number of nitrogens with zero attached hydrogens (tertiary/aromatic N) is 5. The minimum Gasteiger partial charge on any atom is -0.356 e. The topological polar surface area (TPSA) is 68.0 Å². The summed E-state index contributed by atoms with van der Waals surface area (Å²) in [6, 6.07) is 15.6. The largest absolute Gasteiger partial charge is 0.356 e. The summed E-state index contributed by atoms with van der Waals surface area (Å²) in [5, 5.41) is 16.5. The summed E-state index contributed by atoms with van der Waals surface area (Å²) < 4.78 is 15.6. The molecule has 3 aromatic heterocycles. The average molecular weight is 360 g/mol. The molecule has 1 aliphatic carbocycles. The fourth-order valence-corrected chi connectivity index (χ4v) is 3.19. The lowest BCUT2D eigenvalue weighted by molar-refractivity contribution is 0.624. The number of pyridine rings is 1. The summed E-state index contributed by atoms with van der Waals surface area (Å²) in [5.74, 6) is 1.71. The molecule has 1 fully saturated rings. The van der Waals surface area contributed by atoms with Gasteiger partial charge in [-0.15, -0.1) is 15.3 Å². The van der Waals surface area contributed by atoms with E-state index in [9.17, 15) is 4.39 Å². The van der Waals surface area contributed by atoms with Gasteiger partial charge in [0.2, 0.25) is 0 Å². The zero-order valence-corrected chi connectivity index (χ0v) is 14.5. The summed E-state index contributed by atoms with van der Waals surface area (Å²) in [5.41, 5.74) is 2.29. The molecule has 1 aromatic carbocycles. The molecule has 4 aromatic rings. The number of benzene rings is 1. The number of nitrogens with one attached hydrogen (secondary N) is 1. The van der Waals surface area contributed by atoms with E-state index in [-0.39, 0.29) is 11.9 Å². The molecule has 27 heavy (non-hydrogen) atoms. The number of hydrogen-bond acceptors (Lipinski definition) is 5. The standard InChI is InChI=1S/C20H17FN6/c21-15-5-3-4-14(12-15)19(16-6-1-2-11-22-16)23-17-9-10-18-24-25-20(13-7-8-13)27(18)26-17/h1-6,9-13,19H,7-8H2,(H,23,26). The van der Waals surface area contributed by atoms with E-state index in [0.29, 0.717) is 11.7 Å². The van der Waals surface area contributed by atoms with E-state index in [0.717, 1.165) is 35.6 Å². The SMILES string of the molecule is Fc1cccc(C(Nc2ccc3nnc(C4CC4)n3n2)c2ccccn2)c1. The molecule has 0 aliphatic heterocycles. The van der Waals surface area contributed by atoms with Gasteiger partial charge in [0.25, 0.3) is 0 Å². The lowest BCUT2D eigenvalue weighted by atomic mass is 10.0. The van der Waals surface area contributed by atoms with Gasteiger partial charge >= 0.3 is 0 Å². The molecular formula is C20H17FN6. The summed E-state index contributed by atoms with van der Waals surface area (Å²) in [6.45, 7) is 0. The molecule has 1 aliphatic rings. The lowest BCUT2D eigenvalue weighted by Crippen LogP contribution is -2.16. The van der Waals surface area contributed by atoms with Gasteiger partial charge in [0.05, 0.1) is 11.7 Å². The maximum Gasteiger partial charge on any atom is 0.178 e. The van der Waals surface area contributed by atoms with Crippen molar-refractivity contribution in [3.63, 3.8) is 0 Å². The van der Waals surface area contributed by atoms with E-state index in [2.05, 4.69) is 25.6 Å². The summed E-state index contributed by atoms with van der Waals surface area (Å²) in [7, 11) is 0. The molecule has 5 rings (SSSR count). The normalized spacial score (nSPS) is 15.0. The van der Waals surface area contributed by atoms with Crippen LogP contribution in [0.15, 0.2) is 60.8 Å². The Morgan fingerprint density at radius 2 is 1.96 bits per heavy atom. The fourth-order valence-electron chi connectivity index (χ4n) is 3.19. The molecule has 0 bridgehead atoms. The Kier molecular flexibility index (Phi) is 3.78. The van der Waals surface area contributed by atoms with Gasteiger partial charge in [-0.25, -0.2) is 4.39 Å². The number of halogens is 1. The molecule has 1 unspecified atom stereocenters. The Hall–Kier alpha value is -3.35. The highest BCUT2D eigenvalue weighted by molar-refractivity contribution is 5.47. The van der Waals surface area contributed by atoms with Gasteiger partial charge in [0, 0.05) is 12.1 Å². The third-order valence-corrected chi connectivity index (χ3v) is 4.69. The van der Waals surface area contributed by atoms with E-state index in [1.54, 1.807) is 16.8 Å². The predicted molar refractivity (Wildman–Crippen MR) is 98.9 cm³/mol. The van der Waals surface area contributed by atoms with Gasteiger partial charge in [-0.3, -0.25) is 4.98 Å². The van der Waals surface area contributed by atoms with Crippen LogP contribution in [-0.4, -0.2) is 24.8 Å². The first-order valence-electron chi connectivity index (χ1n) is 8.93. The first-order valence-corrected chi connectivity index (χ1v) is 8.93. The molecule has 134 valence electrons. The highest BCUT2D eigenvalue weighted by Crippen LogP contribution is 2.38. The second kappa shape index (κ2) is 6.42. The highest BCUT2D eigenvalue weighted by atomic mass is 19.1. The average Bonchev–Trinajstić information content (AvgIpc) is 3.46. The summed E-state index contributed by atoms with van der Waals surface area (Å²) in [4.78, 5) is 4.45. The third-order valence-electron chi connectivity index (χ3n) is 4.69. The molecule has 0 amide bonds. The van der Waals surface area contributed by atoms with E-state index in [1.165, 1.54) is 12.1 Å². The highest BCUT2D eigenvalue weighted by Gasteiger charge is 2.29. The van der Waals surface area contributed by atoms with Gasteiger partial charge in [0.1, 0.15) is 11.6 Å². The number of aromatic nitrogens is 5. The van der Waals surface area contributed by atoms with E-state index in [4.69, 9.17) is 0 Å². The van der Waals surface area contributed by atoms with Crippen molar-refractivity contribution in [2.45, 2.75) is 24.8 Å². The number of fused-ring (bicyclic) bond motifs is 1. The monoisotopic (exact) mass is 360 g/mol. The van der Waals surface area contributed by atoms with Crippen LogP contribution in [-0.2, 0) is 0 Å². The van der Waals surface area contributed by atoms with Crippen LogP contribution in [0.1, 0.15) is 41.9 Å². The second-order valence-electron chi connectivity index (χ2n) is 6.71. The molecule has 0 radical (unpaired) electrons. The zero-order valence-electron chi connectivity index (χ0n) is 14.5. The Labute approximate surface area is 155 Å². The molecule has 3 heterocycles. The van der Waals surface area contributed by atoms with Gasteiger partial charge < -0.3 is 5.32 Å². The Morgan fingerprint density at radius 3 is 2.74 bits per heavy atom. The molecule has 0 spiro atoms. The van der Waals surface area contributed by atoms with Crippen molar-refractivity contribution >= 4 is 11.5 Å². The van der Waals surface area contributed by atoms with Crippen molar-refractivity contribution in [3.05, 3.63) is 83.7 Å². The van der Waals surface area contributed by atoms with Gasteiger partial charge in [-0.05, 0) is 54.8 Å². The van der Waals surface area contributed by atoms with Crippen LogP contribution < -0.4 is 5.32 Å². The third kappa shape index (κ3) is 3.12. The summed E-state index contributed by atoms with van der Waals surface area (Å²) >= 11 is 0. The van der Waals surface area contributed by atoms with Crippen LogP contribution in [0.3, 0.4) is 0 Å². The smallest absolute Gasteiger partial charge is 0.178 e. The van der Waals surface area contributed by atoms with Crippen molar-refractivity contribution in [2.75, 3.05) is 5.32 Å². The van der Waals surface area contributed by atoms with Crippen molar-refractivity contribution in [1.82, 2.24) is 24.8 Å². The lowest BCUT2D eigenvalue weighted by Gasteiger charge is -2.19. The van der Waals surface area contributed by atoms with Crippen LogP contribution in [0.25, 0.3) is 5.65 Å². The van der Waals surface area contributed by atoms with E-state index in [1.807, 2.05) is 36.4 Å². The van der Waals surface area contributed by atoms with Crippen molar-refractivity contribution in [3.8, 4) is 0 Å². The molecule has 1 saturated carbocycles. The first-order chi connectivity index (χ1) is 13.3. The van der Waals surface area contributed by atoms with Crippen molar-refractivity contribution < 1.29 is 4.39 Å². The number of hydrogen-bond donors (Lipinski definition) is 1. The van der Waals surface area contributed by atoms with Crippen LogP contribution in [0.2, 0.25) is 0 Å². The minimum absolute atomic E-state index is 0.284. The summed E-state index contributed by atoms with van der Waals surface area (Å²) in [6.07, 6.45) is 3.98. The maximum absolute atomic E-state index is 13.8. The van der Waals surface area contributed by atoms with E-state index < -0.39 is 0 Å². The molecule has 0 saturated heterocycles. The molecule has 7 heteroatoms. The zero-order chi connectivity index (χ0) is 18.2. The Bertz CT molecular complexity index is 1090. The minimum atomic E-state index is -0.326. The van der Waals surface area contributed by atoms with Crippen LogP contribution in [0.4, 0.5) is 10.2 Å². The van der Waals surface area contributed by atoms with Crippen LogP contribution in [0.5, 0.6) is 0 Å². The first kappa shape index (κ1) is 15.9. The predicted octanol–water partition coefficient (Wildman–Crippen LogP) is 3.74. The molecule has 1 atom stereocenters. The maximum atomic E-state index is 13.8. The molecular weight excluding hydrogens is 343 g/mol. The van der Waals surface area contributed by atoms with Crippen LogP contribution in [0, 0.1) is 5.82 Å². The Balaban J connectivity index is 1.55. The number of rotatable bonds is 5. The second-order valence-corrected chi connectivity index (χ2v) is 6.71. The van der Waals surface area contributed by atoms with E-state index >= 15 is 0 Å². The van der Waals surface area contributed by atoms with Crippen molar-refractivity contribution in [2.24, 2.45) is 0 Å². The van der Waals surface area contributed by atoms with Gasteiger partial charge in [-0.1, -0.05) is 18.2 Å². The van der Waals surface area contributed by atoms with Gasteiger partial charge in [0.15, 0.2) is 11.5 Å². The van der Waals surface area contributed by atoms with Crippen molar-refractivity contribution in [1.29, 1.82) is 0 Å². The molecule has 6 nitrogen and oxygen atoms in total. The molecule has 1 N–H and O–H groups in total. The Morgan fingerprint density at radius 1 is 1.04 bits per heavy atom.